The zero-order valence-electron chi connectivity index (χ0n) is 10.9. The van der Waals surface area contributed by atoms with Gasteiger partial charge >= 0.3 is 12.0 Å². The van der Waals surface area contributed by atoms with Crippen molar-refractivity contribution in [1.29, 1.82) is 0 Å². The van der Waals surface area contributed by atoms with Crippen LogP contribution < -0.4 is 5.32 Å². The highest BCUT2D eigenvalue weighted by atomic mass is 16.4. The van der Waals surface area contributed by atoms with Gasteiger partial charge < -0.3 is 19.7 Å². The second kappa shape index (κ2) is 5.77. The van der Waals surface area contributed by atoms with Gasteiger partial charge in [-0.3, -0.25) is 4.79 Å². The highest BCUT2D eigenvalue weighted by Crippen LogP contribution is 2.16. The number of rotatable bonds is 3. The maximum Gasteiger partial charge on any atom is 0.317 e. The minimum Gasteiger partial charge on any atom is -0.481 e. The summed E-state index contributed by atoms with van der Waals surface area (Å²) in [7, 11) is 0. The molecule has 0 saturated carbocycles. The van der Waals surface area contributed by atoms with Crippen molar-refractivity contribution in [3.8, 4) is 0 Å². The molecule has 2 N–H and O–H groups in total. The number of nitrogens with one attached hydrogen (secondary N) is 1. The lowest BCUT2D eigenvalue weighted by molar-refractivity contribution is -0.143. The SMILES string of the molecule is Cc1ccc(CNC(=O)N2CCCC(C(=O)O)C2)o1. The van der Waals surface area contributed by atoms with Gasteiger partial charge in [-0.2, -0.15) is 0 Å². The number of piperidine rings is 1. The Labute approximate surface area is 111 Å². The summed E-state index contributed by atoms with van der Waals surface area (Å²) in [4.78, 5) is 24.4. The predicted molar refractivity (Wildman–Crippen MR) is 67.6 cm³/mol. The molecule has 6 nitrogen and oxygen atoms in total. The molecule has 1 atom stereocenters. The van der Waals surface area contributed by atoms with E-state index in [2.05, 4.69) is 5.32 Å². The first-order valence-electron chi connectivity index (χ1n) is 6.37. The summed E-state index contributed by atoms with van der Waals surface area (Å²) in [6.07, 6.45) is 1.36. The molecule has 6 heteroatoms. The van der Waals surface area contributed by atoms with Crippen molar-refractivity contribution in [3.63, 3.8) is 0 Å². The summed E-state index contributed by atoms with van der Waals surface area (Å²) in [6.45, 7) is 3.04. The number of nitrogens with zero attached hydrogens (tertiary/aromatic N) is 1. The van der Waals surface area contributed by atoms with Crippen LogP contribution in [0.2, 0.25) is 0 Å². The van der Waals surface area contributed by atoms with Crippen molar-refractivity contribution < 1.29 is 19.1 Å². The van der Waals surface area contributed by atoms with Crippen molar-refractivity contribution in [1.82, 2.24) is 10.2 Å². The first-order valence-corrected chi connectivity index (χ1v) is 6.37. The van der Waals surface area contributed by atoms with Crippen LogP contribution in [0.25, 0.3) is 0 Å². The molecule has 2 heterocycles. The number of amides is 2. The molecule has 104 valence electrons. The Morgan fingerprint density at radius 2 is 2.32 bits per heavy atom. The average Bonchev–Trinajstić information content (AvgIpc) is 2.82. The van der Waals surface area contributed by atoms with E-state index in [1.54, 1.807) is 4.90 Å². The number of aliphatic carboxylic acids is 1. The molecule has 0 bridgehead atoms. The fraction of sp³-hybridized carbons (Fsp3) is 0.538. The molecule has 1 unspecified atom stereocenters. The lowest BCUT2D eigenvalue weighted by Crippen LogP contribution is -2.46. The van der Waals surface area contributed by atoms with E-state index in [9.17, 15) is 9.59 Å². The van der Waals surface area contributed by atoms with Gasteiger partial charge in [0.15, 0.2) is 0 Å². The van der Waals surface area contributed by atoms with Crippen LogP contribution in [0.15, 0.2) is 16.5 Å². The second-order valence-electron chi connectivity index (χ2n) is 4.79. The van der Waals surface area contributed by atoms with Gasteiger partial charge in [-0.1, -0.05) is 0 Å². The number of aryl methyl sites for hydroxylation is 1. The molecule has 1 saturated heterocycles. The summed E-state index contributed by atoms with van der Waals surface area (Å²) in [5, 5.41) is 11.7. The largest absolute Gasteiger partial charge is 0.481 e. The normalized spacial score (nSPS) is 19.2. The molecule has 0 spiro atoms. The number of carboxylic acid groups (broad SMARTS) is 1. The third kappa shape index (κ3) is 3.49. The third-order valence-corrected chi connectivity index (χ3v) is 3.27. The minimum absolute atomic E-state index is 0.236. The fourth-order valence-electron chi connectivity index (χ4n) is 2.22. The highest BCUT2D eigenvalue weighted by Gasteiger charge is 2.27. The summed E-state index contributed by atoms with van der Waals surface area (Å²) in [6, 6.07) is 3.41. The van der Waals surface area contributed by atoms with Crippen LogP contribution in [0.3, 0.4) is 0 Å². The van der Waals surface area contributed by atoms with Gasteiger partial charge in [-0.25, -0.2) is 4.79 Å². The topological polar surface area (TPSA) is 82.8 Å². The van der Waals surface area contributed by atoms with Crippen LogP contribution in [0.5, 0.6) is 0 Å². The van der Waals surface area contributed by atoms with Gasteiger partial charge in [0, 0.05) is 13.1 Å². The first kappa shape index (κ1) is 13.5. The molecular formula is C13H18N2O4. The highest BCUT2D eigenvalue weighted by molar-refractivity contribution is 5.76. The molecule has 2 rings (SSSR count). The number of carbonyl (C=O) groups is 2. The van der Waals surface area contributed by atoms with E-state index < -0.39 is 11.9 Å². The van der Waals surface area contributed by atoms with Crippen molar-refractivity contribution in [2.75, 3.05) is 13.1 Å². The van der Waals surface area contributed by atoms with Crippen LogP contribution in [0.1, 0.15) is 24.4 Å². The maximum absolute atomic E-state index is 11.9. The number of hydrogen-bond acceptors (Lipinski definition) is 3. The first-order chi connectivity index (χ1) is 9.06. The number of hydrogen-bond donors (Lipinski definition) is 2. The standard InChI is InChI=1S/C13H18N2O4/c1-9-4-5-11(19-9)7-14-13(18)15-6-2-3-10(8-15)12(16)17/h4-5,10H,2-3,6-8H2,1H3,(H,14,18)(H,16,17). The molecule has 0 aliphatic carbocycles. The third-order valence-electron chi connectivity index (χ3n) is 3.27. The molecule has 1 aromatic heterocycles. The van der Waals surface area contributed by atoms with Gasteiger partial charge in [0.05, 0.1) is 12.5 Å². The number of carboxylic acids is 1. The monoisotopic (exact) mass is 266 g/mol. The molecular weight excluding hydrogens is 248 g/mol. The van der Waals surface area contributed by atoms with Gasteiger partial charge in [-0.15, -0.1) is 0 Å². The fourth-order valence-corrected chi connectivity index (χ4v) is 2.22. The van der Waals surface area contributed by atoms with Crippen molar-refractivity contribution in [3.05, 3.63) is 23.7 Å². The molecule has 19 heavy (non-hydrogen) atoms. The average molecular weight is 266 g/mol. The Balaban J connectivity index is 1.84. The minimum atomic E-state index is -0.834. The van der Waals surface area contributed by atoms with Crippen molar-refractivity contribution >= 4 is 12.0 Å². The van der Waals surface area contributed by atoms with E-state index in [4.69, 9.17) is 9.52 Å². The lowest BCUT2D eigenvalue weighted by atomic mass is 9.99. The molecule has 2 amide bonds. The van der Waals surface area contributed by atoms with Gasteiger partial charge in [0.2, 0.25) is 0 Å². The Kier molecular flexibility index (Phi) is 4.09. The van der Waals surface area contributed by atoms with Crippen LogP contribution in [0.4, 0.5) is 4.79 Å². The maximum atomic E-state index is 11.9. The molecule has 1 aliphatic rings. The van der Waals surface area contributed by atoms with E-state index >= 15 is 0 Å². The van der Waals surface area contributed by atoms with E-state index in [0.29, 0.717) is 25.3 Å². The van der Waals surface area contributed by atoms with E-state index in [-0.39, 0.29) is 12.6 Å². The Hall–Kier alpha value is -1.98. The second-order valence-corrected chi connectivity index (χ2v) is 4.79. The molecule has 1 aromatic rings. The summed E-state index contributed by atoms with van der Waals surface area (Å²) < 4.78 is 5.35. The van der Waals surface area contributed by atoms with Crippen LogP contribution >= 0.6 is 0 Å². The van der Waals surface area contributed by atoms with Crippen molar-refractivity contribution in [2.45, 2.75) is 26.3 Å². The summed E-state index contributed by atoms with van der Waals surface area (Å²) in [5.41, 5.74) is 0. The number of carbonyl (C=O) groups excluding carboxylic acids is 1. The molecule has 0 aromatic carbocycles. The van der Waals surface area contributed by atoms with E-state index in [1.807, 2.05) is 19.1 Å². The summed E-state index contributed by atoms with van der Waals surface area (Å²) >= 11 is 0. The number of urea groups is 1. The van der Waals surface area contributed by atoms with Crippen LogP contribution in [0, 0.1) is 12.8 Å². The van der Waals surface area contributed by atoms with Gasteiger partial charge in [0.25, 0.3) is 0 Å². The molecule has 1 fully saturated rings. The zero-order chi connectivity index (χ0) is 13.8. The number of likely N-dealkylation sites (tertiary alicyclic amines) is 1. The zero-order valence-corrected chi connectivity index (χ0v) is 10.9. The Morgan fingerprint density at radius 1 is 1.53 bits per heavy atom. The lowest BCUT2D eigenvalue weighted by Gasteiger charge is -2.30. The van der Waals surface area contributed by atoms with Crippen LogP contribution in [-0.2, 0) is 11.3 Å². The molecule has 0 radical (unpaired) electrons. The van der Waals surface area contributed by atoms with Crippen molar-refractivity contribution in [2.24, 2.45) is 5.92 Å². The summed E-state index contributed by atoms with van der Waals surface area (Å²) in [5.74, 6) is 0.204. The van der Waals surface area contributed by atoms with E-state index in [0.717, 1.165) is 12.2 Å². The quantitative estimate of drug-likeness (QED) is 0.870. The number of furan rings is 1. The smallest absolute Gasteiger partial charge is 0.317 e. The predicted octanol–water partition coefficient (Wildman–Crippen LogP) is 1.59. The van der Waals surface area contributed by atoms with E-state index in [1.165, 1.54) is 0 Å². The Morgan fingerprint density at radius 3 is 2.95 bits per heavy atom. The van der Waals surface area contributed by atoms with Gasteiger partial charge in [0.1, 0.15) is 11.5 Å². The van der Waals surface area contributed by atoms with Crippen LogP contribution in [-0.4, -0.2) is 35.1 Å². The van der Waals surface area contributed by atoms with Gasteiger partial charge in [-0.05, 0) is 31.9 Å². The Bertz CT molecular complexity index is 469. The molecule has 1 aliphatic heterocycles.